The minimum atomic E-state index is -0.765. The number of ether oxygens (including phenoxy) is 1. The number of primary amides is 1. The van der Waals surface area contributed by atoms with Gasteiger partial charge in [0.15, 0.2) is 0 Å². The fraction of sp³-hybridized carbons (Fsp3) is 0.333. The molecule has 1 atom stereocenters. The average molecular weight is 355 g/mol. The van der Waals surface area contributed by atoms with Crippen LogP contribution in [0.25, 0.3) is 10.9 Å². The minimum Gasteiger partial charge on any atom is -0.444 e. The van der Waals surface area contributed by atoms with Gasteiger partial charge < -0.3 is 20.7 Å². The van der Waals surface area contributed by atoms with Crippen LogP contribution < -0.4 is 16.0 Å². The highest BCUT2D eigenvalue weighted by molar-refractivity contribution is 6.04. The predicted molar refractivity (Wildman–Crippen MR) is 99.0 cm³/mol. The fourth-order valence-corrected chi connectivity index (χ4v) is 2.96. The number of amides is 2. The molecule has 1 fully saturated rings. The second-order valence-electron chi connectivity index (χ2n) is 6.35. The van der Waals surface area contributed by atoms with Crippen LogP contribution >= 0.6 is 0 Å². The summed E-state index contributed by atoms with van der Waals surface area (Å²) in [6.45, 7) is 8.34. The van der Waals surface area contributed by atoms with Crippen LogP contribution in [0, 0.1) is 6.92 Å². The van der Waals surface area contributed by atoms with Crippen molar-refractivity contribution in [3.8, 4) is 0 Å². The first-order valence-electron chi connectivity index (χ1n) is 8.30. The van der Waals surface area contributed by atoms with Crippen molar-refractivity contribution in [1.29, 1.82) is 0 Å². The van der Waals surface area contributed by atoms with Crippen LogP contribution in [0.1, 0.15) is 19.2 Å². The number of fused-ring (bicyclic) bond motifs is 1. The van der Waals surface area contributed by atoms with Crippen molar-refractivity contribution in [1.82, 2.24) is 9.97 Å². The lowest BCUT2D eigenvalue weighted by Crippen LogP contribution is -2.27. The molecule has 8 heteroatoms. The Morgan fingerprint density at radius 3 is 2.85 bits per heavy atom. The predicted octanol–water partition coefficient (Wildman–Crippen LogP) is 2.13. The Balaban J connectivity index is 1.91. The Morgan fingerprint density at radius 2 is 2.15 bits per heavy atom. The standard InChI is InChI=1S/C18H21N5O3/c1-10(2)17(24)22-12-4-5-14-15(8-12)20-11(3)21-16(14)23-7-6-13(9-23)26-18(19)25/h4-5,8,13H,1,6-7,9H2,2-3H3,(H2,19,25)(H,22,24). The van der Waals surface area contributed by atoms with E-state index in [9.17, 15) is 9.59 Å². The third-order valence-electron chi connectivity index (χ3n) is 4.16. The number of aromatic nitrogens is 2. The molecule has 2 amide bonds. The molecule has 1 saturated heterocycles. The molecule has 0 saturated carbocycles. The molecule has 1 aromatic carbocycles. The van der Waals surface area contributed by atoms with Crippen molar-refractivity contribution in [2.45, 2.75) is 26.4 Å². The molecule has 1 aliphatic rings. The van der Waals surface area contributed by atoms with Gasteiger partial charge in [0.2, 0.25) is 0 Å². The van der Waals surface area contributed by atoms with Gasteiger partial charge in [-0.05, 0) is 32.0 Å². The van der Waals surface area contributed by atoms with E-state index in [1.807, 2.05) is 19.1 Å². The minimum absolute atomic E-state index is 0.235. The molecule has 0 spiro atoms. The molecular weight excluding hydrogens is 334 g/mol. The highest BCUT2D eigenvalue weighted by Gasteiger charge is 2.27. The second-order valence-corrected chi connectivity index (χ2v) is 6.35. The van der Waals surface area contributed by atoms with E-state index in [0.29, 0.717) is 36.6 Å². The van der Waals surface area contributed by atoms with Crippen molar-refractivity contribution >= 4 is 34.4 Å². The molecule has 1 aromatic heterocycles. The Labute approximate surface area is 151 Å². The maximum absolute atomic E-state index is 11.8. The molecule has 8 nitrogen and oxygen atoms in total. The molecule has 3 rings (SSSR count). The summed E-state index contributed by atoms with van der Waals surface area (Å²) in [5, 5.41) is 3.65. The molecule has 0 radical (unpaired) electrons. The summed E-state index contributed by atoms with van der Waals surface area (Å²) in [6.07, 6.45) is -0.314. The molecule has 136 valence electrons. The Hall–Kier alpha value is -3.16. The van der Waals surface area contributed by atoms with Crippen molar-refractivity contribution in [3.63, 3.8) is 0 Å². The third kappa shape index (κ3) is 3.74. The van der Waals surface area contributed by atoms with Gasteiger partial charge in [-0.3, -0.25) is 4.79 Å². The number of nitrogens with zero attached hydrogens (tertiary/aromatic N) is 3. The lowest BCUT2D eigenvalue weighted by molar-refractivity contribution is -0.112. The molecule has 2 heterocycles. The highest BCUT2D eigenvalue weighted by Crippen LogP contribution is 2.29. The molecule has 1 unspecified atom stereocenters. The summed E-state index contributed by atoms with van der Waals surface area (Å²) in [5.74, 6) is 1.16. The molecule has 0 aliphatic carbocycles. The van der Waals surface area contributed by atoms with Crippen LogP contribution in [0.4, 0.5) is 16.3 Å². The van der Waals surface area contributed by atoms with Gasteiger partial charge in [0.05, 0.1) is 12.1 Å². The number of carbonyl (C=O) groups is 2. The highest BCUT2D eigenvalue weighted by atomic mass is 16.6. The van der Waals surface area contributed by atoms with Gasteiger partial charge in [-0.2, -0.15) is 0 Å². The molecule has 26 heavy (non-hydrogen) atoms. The summed E-state index contributed by atoms with van der Waals surface area (Å²) < 4.78 is 5.09. The maximum atomic E-state index is 11.8. The van der Waals surface area contributed by atoms with Gasteiger partial charge in [-0.1, -0.05) is 6.58 Å². The summed E-state index contributed by atoms with van der Waals surface area (Å²) in [4.78, 5) is 33.8. The summed E-state index contributed by atoms with van der Waals surface area (Å²) in [5.41, 5.74) is 6.91. The SMILES string of the molecule is C=C(C)C(=O)Nc1ccc2c(N3CCC(OC(N)=O)C3)nc(C)nc2c1. The van der Waals surface area contributed by atoms with E-state index in [2.05, 4.69) is 26.8 Å². The van der Waals surface area contributed by atoms with E-state index in [1.165, 1.54) is 0 Å². The Kier molecular flexibility index (Phi) is 4.75. The number of nitrogens with two attached hydrogens (primary N) is 1. The number of rotatable bonds is 4. The van der Waals surface area contributed by atoms with Crippen LogP contribution in [0.15, 0.2) is 30.4 Å². The van der Waals surface area contributed by atoms with Crippen molar-refractivity contribution in [3.05, 3.63) is 36.2 Å². The first kappa shape index (κ1) is 17.7. The Morgan fingerprint density at radius 1 is 1.38 bits per heavy atom. The quantitative estimate of drug-likeness (QED) is 0.813. The topological polar surface area (TPSA) is 110 Å². The van der Waals surface area contributed by atoms with E-state index in [1.54, 1.807) is 13.0 Å². The van der Waals surface area contributed by atoms with Gasteiger partial charge in [0, 0.05) is 29.6 Å². The van der Waals surface area contributed by atoms with Gasteiger partial charge in [-0.15, -0.1) is 0 Å². The van der Waals surface area contributed by atoms with E-state index >= 15 is 0 Å². The van der Waals surface area contributed by atoms with Crippen LogP contribution in [-0.2, 0) is 9.53 Å². The fourth-order valence-electron chi connectivity index (χ4n) is 2.96. The second kappa shape index (κ2) is 6.99. The van der Waals surface area contributed by atoms with Gasteiger partial charge in [0.25, 0.3) is 5.91 Å². The first-order valence-corrected chi connectivity index (χ1v) is 8.30. The number of nitrogens with one attached hydrogen (secondary N) is 1. The summed E-state index contributed by atoms with van der Waals surface area (Å²) in [7, 11) is 0. The number of hydrogen-bond donors (Lipinski definition) is 2. The number of aryl methyl sites for hydroxylation is 1. The smallest absolute Gasteiger partial charge is 0.404 e. The van der Waals surface area contributed by atoms with E-state index < -0.39 is 6.09 Å². The zero-order valence-corrected chi connectivity index (χ0v) is 14.8. The van der Waals surface area contributed by atoms with E-state index in [0.717, 1.165) is 16.7 Å². The monoisotopic (exact) mass is 355 g/mol. The molecule has 0 bridgehead atoms. The lowest BCUT2D eigenvalue weighted by atomic mass is 10.2. The van der Waals surface area contributed by atoms with Crippen LogP contribution in [-0.4, -0.2) is 41.2 Å². The lowest BCUT2D eigenvalue weighted by Gasteiger charge is -2.20. The molecule has 2 aromatic rings. The zero-order valence-electron chi connectivity index (χ0n) is 14.8. The van der Waals surface area contributed by atoms with E-state index in [-0.39, 0.29) is 12.0 Å². The number of hydrogen-bond acceptors (Lipinski definition) is 6. The summed E-state index contributed by atoms with van der Waals surface area (Å²) >= 11 is 0. The van der Waals surface area contributed by atoms with E-state index in [4.69, 9.17) is 10.5 Å². The molecule has 3 N–H and O–H groups in total. The van der Waals surface area contributed by atoms with Gasteiger partial charge >= 0.3 is 6.09 Å². The first-order chi connectivity index (χ1) is 12.3. The molecular formula is C18H21N5O3. The zero-order chi connectivity index (χ0) is 18.8. The number of benzene rings is 1. The number of anilines is 2. The van der Waals surface area contributed by atoms with Crippen LogP contribution in [0.5, 0.6) is 0 Å². The van der Waals surface area contributed by atoms with Crippen LogP contribution in [0.3, 0.4) is 0 Å². The van der Waals surface area contributed by atoms with Crippen LogP contribution in [0.2, 0.25) is 0 Å². The number of carbonyl (C=O) groups excluding carboxylic acids is 2. The van der Waals surface area contributed by atoms with Gasteiger partial charge in [0.1, 0.15) is 17.7 Å². The van der Waals surface area contributed by atoms with Gasteiger partial charge in [-0.25, -0.2) is 14.8 Å². The third-order valence-corrected chi connectivity index (χ3v) is 4.16. The van der Waals surface area contributed by atoms with Crippen molar-refractivity contribution < 1.29 is 14.3 Å². The van der Waals surface area contributed by atoms with Crippen molar-refractivity contribution in [2.24, 2.45) is 5.73 Å². The largest absolute Gasteiger partial charge is 0.444 e. The van der Waals surface area contributed by atoms with Crippen molar-refractivity contribution in [2.75, 3.05) is 23.3 Å². The normalized spacial score (nSPS) is 16.5. The summed E-state index contributed by atoms with van der Waals surface area (Å²) in [6, 6.07) is 5.49. The Bertz CT molecular complexity index is 896. The average Bonchev–Trinajstić information content (AvgIpc) is 3.01. The molecule has 1 aliphatic heterocycles. The maximum Gasteiger partial charge on any atom is 0.404 e.